The van der Waals surface area contributed by atoms with Crippen LogP contribution in [0.25, 0.3) is 16.9 Å². The number of imidazole rings is 1. The molecule has 122 valence electrons. The summed E-state index contributed by atoms with van der Waals surface area (Å²) in [6.07, 6.45) is 6.80. The summed E-state index contributed by atoms with van der Waals surface area (Å²) in [5.74, 6) is 0.868. The van der Waals surface area contributed by atoms with Gasteiger partial charge in [-0.3, -0.25) is 9.20 Å². The quantitative estimate of drug-likeness (QED) is 0.514. The number of Topliss-reactive ketones (excluding diaryl/α,β-unsaturated/α-hetero) is 1. The zero-order valence-corrected chi connectivity index (χ0v) is 16.3. The van der Waals surface area contributed by atoms with E-state index in [1.807, 2.05) is 35.9 Å². The van der Waals surface area contributed by atoms with E-state index in [0.29, 0.717) is 16.9 Å². The van der Waals surface area contributed by atoms with Crippen LogP contribution in [0, 0.1) is 12.8 Å². The van der Waals surface area contributed by atoms with Crippen LogP contribution >= 0.6 is 31.9 Å². The predicted molar refractivity (Wildman–Crippen MR) is 100 cm³/mol. The Hall–Kier alpha value is -1.53. The highest BCUT2D eigenvalue weighted by Gasteiger charge is 2.25. The minimum Gasteiger partial charge on any atom is -0.295 e. The fourth-order valence-electron chi connectivity index (χ4n) is 2.97. The number of aromatic nitrogens is 3. The van der Waals surface area contributed by atoms with Gasteiger partial charge < -0.3 is 0 Å². The molecule has 1 saturated carbocycles. The maximum atomic E-state index is 12.4. The van der Waals surface area contributed by atoms with Crippen molar-refractivity contribution in [1.82, 2.24) is 14.4 Å². The number of carbonyl (C=O) groups excluding carboxylic acids is 1. The molecule has 0 radical (unpaired) electrons. The third-order valence-electron chi connectivity index (χ3n) is 4.42. The molecule has 2 aromatic heterocycles. The molecule has 1 aliphatic carbocycles. The van der Waals surface area contributed by atoms with Crippen molar-refractivity contribution in [1.29, 1.82) is 0 Å². The van der Waals surface area contributed by atoms with Crippen molar-refractivity contribution in [2.75, 3.05) is 0 Å². The lowest BCUT2D eigenvalue weighted by molar-refractivity contribution is 0.0975. The molecule has 0 atom stereocenters. The number of hydrogen-bond acceptors (Lipinski definition) is 3. The molecular weight excluding hydrogens is 434 g/mol. The number of benzene rings is 1. The van der Waals surface area contributed by atoms with Gasteiger partial charge in [-0.25, -0.2) is 9.97 Å². The zero-order chi connectivity index (χ0) is 16.8. The van der Waals surface area contributed by atoms with Crippen molar-refractivity contribution in [3.8, 4) is 11.3 Å². The van der Waals surface area contributed by atoms with Gasteiger partial charge >= 0.3 is 0 Å². The Kier molecular flexibility index (Phi) is 4.04. The smallest absolute Gasteiger partial charge is 0.170 e. The first-order chi connectivity index (χ1) is 11.5. The summed E-state index contributed by atoms with van der Waals surface area (Å²) >= 11 is 6.85. The van der Waals surface area contributed by atoms with Gasteiger partial charge in [-0.1, -0.05) is 12.1 Å². The lowest BCUT2D eigenvalue weighted by Crippen LogP contribution is -2.03. The molecule has 6 heteroatoms. The van der Waals surface area contributed by atoms with E-state index in [4.69, 9.17) is 0 Å². The van der Waals surface area contributed by atoms with Crippen molar-refractivity contribution in [2.24, 2.45) is 5.92 Å². The highest BCUT2D eigenvalue weighted by Crippen LogP contribution is 2.34. The first-order valence-corrected chi connectivity index (χ1v) is 9.45. The number of aryl methyl sites for hydroxylation is 1. The fraction of sp³-hybridized carbons (Fsp3) is 0.278. The van der Waals surface area contributed by atoms with E-state index in [0.717, 1.165) is 32.6 Å². The maximum Gasteiger partial charge on any atom is 0.170 e. The van der Waals surface area contributed by atoms with Crippen molar-refractivity contribution < 1.29 is 4.79 Å². The Morgan fingerprint density at radius 3 is 2.83 bits per heavy atom. The van der Waals surface area contributed by atoms with Crippen molar-refractivity contribution in [3.63, 3.8) is 0 Å². The van der Waals surface area contributed by atoms with Gasteiger partial charge in [-0.05, 0) is 69.2 Å². The van der Waals surface area contributed by atoms with Gasteiger partial charge in [0.2, 0.25) is 0 Å². The van der Waals surface area contributed by atoms with Gasteiger partial charge in [0.05, 0.1) is 11.9 Å². The largest absolute Gasteiger partial charge is 0.295 e. The van der Waals surface area contributed by atoms with E-state index < -0.39 is 0 Å². The second kappa shape index (κ2) is 6.08. The predicted octanol–water partition coefficient (Wildman–Crippen LogP) is 5.21. The van der Waals surface area contributed by atoms with Crippen LogP contribution in [-0.2, 0) is 0 Å². The molecule has 1 aliphatic rings. The molecule has 2 heterocycles. The number of nitrogens with zero attached hydrogens (tertiary/aromatic N) is 3. The summed E-state index contributed by atoms with van der Waals surface area (Å²) in [4.78, 5) is 21.1. The first-order valence-electron chi connectivity index (χ1n) is 7.86. The minimum absolute atomic E-state index is 0.259. The molecule has 0 aliphatic heterocycles. The molecule has 0 N–H and O–H groups in total. The summed E-state index contributed by atoms with van der Waals surface area (Å²) in [5.41, 5.74) is 4.62. The van der Waals surface area contributed by atoms with Crippen molar-refractivity contribution in [3.05, 3.63) is 50.9 Å². The summed E-state index contributed by atoms with van der Waals surface area (Å²) in [6, 6.07) is 6.00. The lowest BCUT2D eigenvalue weighted by atomic mass is 9.98. The monoisotopic (exact) mass is 447 g/mol. The van der Waals surface area contributed by atoms with E-state index >= 15 is 0 Å². The van der Waals surface area contributed by atoms with Crippen LogP contribution in [0.3, 0.4) is 0 Å². The van der Waals surface area contributed by atoms with Gasteiger partial charge in [0.25, 0.3) is 0 Å². The van der Waals surface area contributed by atoms with Crippen LogP contribution < -0.4 is 0 Å². The van der Waals surface area contributed by atoms with Crippen LogP contribution in [0.4, 0.5) is 0 Å². The molecule has 0 bridgehead atoms. The summed E-state index contributed by atoms with van der Waals surface area (Å²) in [5, 5.41) is 0. The minimum atomic E-state index is 0.259. The number of halogens is 2. The maximum absolute atomic E-state index is 12.4. The summed E-state index contributed by atoms with van der Waals surface area (Å²) in [6.45, 7) is 2.00. The number of rotatable bonds is 4. The fourth-order valence-corrected chi connectivity index (χ4v) is 4.07. The molecule has 4 nitrogen and oxygen atoms in total. The second-order valence-electron chi connectivity index (χ2n) is 6.29. The van der Waals surface area contributed by atoms with E-state index in [-0.39, 0.29) is 5.78 Å². The topological polar surface area (TPSA) is 47.3 Å². The number of carbonyl (C=O) groups is 1. The molecule has 3 aromatic rings. The number of ketones is 1. The Labute approximate surface area is 156 Å². The van der Waals surface area contributed by atoms with Crippen LogP contribution in [0.2, 0.25) is 0 Å². The van der Waals surface area contributed by atoms with Crippen molar-refractivity contribution >= 4 is 43.3 Å². The third kappa shape index (κ3) is 2.93. The molecule has 24 heavy (non-hydrogen) atoms. The molecular formula is C18H15Br2N3O. The molecule has 4 rings (SSSR count). The van der Waals surface area contributed by atoms with E-state index in [2.05, 4.69) is 47.9 Å². The molecule has 0 unspecified atom stereocenters. The van der Waals surface area contributed by atoms with E-state index in [1.54, 1.807) is 0 Å². The average molecular weight is 449 g/mol. The highest BCUT2D eigenvalue weighted by molar-refractivity contribution is 9.11. The third-order valence-corrected chi connectivity index (χ3v) is 5.33. The van der Waals surface area contributed by atoms with Crippen LogP contribution in [0.5, 0.6) is 0 Å². The van der Waals surface area contributed by atoms with E-state index in [9.17, 15) is 4.79 Å². The number of fused-ring (bicyclic) bond motifs is 1. The highest BCUT2D eigenvalue weighted by atomic mass is 79.9. The average Bonchev–Trinajstić information content (AvgIpc) is 3.23. The van der Waals surface area contributed by atoms with Crippen LogP contribution in [-0.4, -0.2) is 20.2 Å². The van der Waals surface area contributed by atoms with Crippen LogP contribution in [0.15, 0.2) is 39.8 Å². The molecule has 0 saturated heterocycles. The van der Waals surface area contributed by atoms with Gasteiger partial charge in [0, 0.05) is 23.7 Å². The Morgan fingerprint density at radius 2 is 2.12 bits per heavy atom. The van der Waals surface area contributed by atoms with Gasteiger partial charge in [0.15, 0.2) is 16.0 Å². The normalized spacial score (nSPS) is 14.3. The molecule has 0 amide bonds. The summed E-state index contributed by atoms with van der Waals surface area (Å²) < 4.78 is 3.41. The van der Waals surface area contributed by atoms with Gasteiger partial charge in [-0.15, -0.1) is 0 Å². The molecule has 1 fully saturated rings. The number of hydrogen-bond donors (Lipinski definition) is 0. The Bertz CT molecular complexity index is 960. The molecule has 0 spiro atoms. The van der Waals surface area contributed by atoms with Gasteiger partial charge in [0.1, 0.15) is 4.60 Å². The van der Waals surface area contributed by atoms with Gasteiger partial charge in [-0.2, -0.15) is 0 Å². The Morgan fingerprint density at radius 1 is 1.33 bits per heavy atom. The lowest BCUT2D eigenvalue weighted by Gasteiger charge is -2.08. The van der Waals surface area contributed by atoms with Crippen molar-refractivity contribution in [2.45, 2.75) is 26.2 Å². The molecule has 1 aromatic carbocycles. The zero-order valence-electron chi connectivity index (χ0n) is 13.1. The Balaban J connectivity index is 1.74. The second-order valence-corrected chi connectivity index (χ2v) is 7.86. The standard InChI is InChI=1S/C18H15Br2N3O/c1-10-6-12(4-5-13(10)15(24)7-11-2-3-11)14-8-21-18-17(20)22-16(19)9-23(14)18/h4-6,8-9,11H,2-3,7H2,1H3. The summed E-state index contributed by atoms with van der Waals surface area (Å²) in [7, 11) is 0. The van der Waals surface area contributed by atoms with E-state index in [1.165, 1.54) is 12.8 Å². The first kappa shape index (κ1) is 16.0. The SMILES string of the molecule is Cc1cc(-c2cnc3c(Br)nc(Br)cn23)ccc1C(=O)CC1CC1. The van der Waals surface area contributed by atoms with Crippen LogP contribution in [0.1, 0.15) is 35.2 Å².